The molecular weight excluding hydrogens is 246 g/mol. The smallest absolute Gasteiger partial charge is 0.0107 e. The number of nitrogens with one attached hydrogen (secondary N) is 1. The van der Waals surface area contributed by atoms with Crippen molar-refractivity contribution >= 4 is 0 Å². The van der Waals surface area contributed by atoms with Gasteiger partial charge in [-0.3, -0.25) is 0 Å². The summed E-state index contributed by atoms with van der Waals surface area (Å²) in [7, 11) is 0. The van der Waals surface area contributed by atoms with Gasteiger partial charge in [0.25, 0.3) is 0 Å². The van der Waals surface area contributed by atoms with Crippen molar-refractivity contribution in [3.05, 3.63) is 0 Å². The van der Waals surface area contributed by atoms with Gasteiger partial charge < -0.3 is 15.1 Å². The van der Waals surface area contributed by atoms with Crippen molar-refractivity contribution in [2.45, 2.75) is 53.0 Å². The average Bonchev–Trinajstić information content (AvgIpc) is 2.38. The Morgan fingerprint density at radius 2 is 1.75 bits per heavy atom. The lowest BCUT2D eigenvalue weighted by molar-refractivity contribution is -0.0470. The lowest BCUT2D eigenvalue weighted by Crippen LogP contribution is -2.61. The summed E-state index contributed by atoms with van der Waals surface area (Å²) in [5, 5.41) is 3.60. The summed E-state index contributed by atoms with van der Waals surface area (Å²) in [5.74, 6) is 0.813. The Balaban J connectivity index is 0.00000220. The first kappa shape index (κ1) is 16.3. The quantitative estimate of drug-likeness (QED) is 0.775. The van der Waals surface area contributed by atoms with Gasteiger partial charge in [-0.25, -0.2) is 0 Å². The van der Waals surface area contributed by atoms with E-state index < -0.39 is 0 Å². The fourth-order valence-electron chi connectivity index (χ4n) is 3.72. The van der Waals surface area contributed by atoms with Gasteiger partial charge in [-0.15, -0.1) is 0 Å². The third-order valence-electron chi connectivity index (χ3n) is 5.19. The van der Waals surface area contributed by atoms with Gasteiger partial charge in [0.1, 0.15) is 0 Å². The van der Waals surface area contributed by atoms with Crippen molar-refractivity contribution in [1.29, 1.82) is 0 Å². The third-order valence-corrected chi connectivity index (χ3v) is 5.19. The fourth-order valence-corrected chi connectivity index (χ4v) is 3.72. The van der Waals surface area contributed by atoms with Crippen LogP contribution in [-0.4, -0.2) is 61.7 Å². The molecule has 1 spiro atoms. The normalized spacial score (nSPS) is 25.1. The molecule has 2 rings (SSSR count). The molecule has 0 radical (unpaired) electrons. The molecule has 0 amide bonds. The van der Waals surface area contributed by atoms with Gasteiger partial charge in [-0.2, -0.15) is 0 Å². The molecule has 1 N–H and O–H groups in total. The first-order valence-corrected chi connectivity index (χ1v) is 8.71. The summed E-state index contributed by atoms with van der Waals surface area (Å²) in [5.41, 5.74) is 0.684. The maximum atomic E-state index is 3.60. The maximum absolute atomic E-state index is 3.60. The zero-order valence-electron chi connectivity index (χ0n) is 14.1. The van der Waals surface area contributed by atoms with Crippen molar-refractivity contribution in [3.63, 3.8) is 0 Å². The first-order valence-electron chi connectivity index (χ1n) is 8.71. The van der Waals surface area contributed by atoms with Crippen LogP contribution in [0, 0.1) is 11.3 Å². The zero-order valence-corrected chi connectivity index (χ0v) is 14.1. The number of piperidine rings is 1. The highest BCUT2D eigenvalue weighted by molar-refractivity contribution is 4.98. The number of likely N-dealkylation sites (tertiary alicyclic amines) is 2. The lowest BCUT2D eigenvalue weighted by Gasteiger charge is -2.54. The van der Waals surface area contributed by atoms with Crippen LogP contribution in [0.5, 0.6) is 0 Å². The van der Waals surface area contributed by atoms with E-state index in [0.29, 0.717) is 11.5 Å². The second-order valence-corrected chi connectivity index (χ2v) is 7.67. The molecule has 0 aliphatic carbocycles. The van der Waals surface area contributed by atoms with Gasteiger partial charge >= 0.3 is 0 Å². The van der Waals surface area contributed by atoms with Gasteiger partial charge in [0, 0.05) is 40.2 Å². The van der Waals surface area contributed by atoms with Crippen LogP contribution >= 0.6 is 0 Å². The van der Waals surface area contributed by atoms with Crippen LogP contribution in [0.2, 0.25) is 0 Å². The highest BCUT2D eigenvalue weighted by Gasteiger charge is 2.44. The number of hydrogen-bond acceptors (Lipinski definition) is 3. The van der Waals surface area contributed by atoms with E-state index in [-0.39, 0.29) is 1.43 Å². The van der Waals surface area contributed by atoms with E-state index in [0.717, 1.165) is 12.5 Å². The van der Waals surface area contributed by atoms with E-state index in [4.69, 9.17) is 0 Å². The van der Waals surface area contributed by atoms with Crippen molar-refractivity contribution < 1.29 is 1.43 Å². The van der Waals surface area contributed by atoms with Crippen LogP contribution in [0.1, 0.15) is 48.4 Å². The Labute approximate surface area is 127 Å². The summed E-state index contributed by atoms with van der Waals surface area (Å²) in [6.07, 6.45) is 4.08. The summed E-state index contributed by atoms with van der Waals surface area (Å²) in [4.78, 5) is 5.32. The van der Waals surface area contributed by atoms with Crippen molar-refractivity contribution in [2.75, 3.05) is 45.8 Å². The summed E-state index contributed by atoms with van der Waals surface area (Å²) >= 11 is 0. The highest BCUT2D eigenvalue weighted by atomic mass is 15.2. The molecule has 2 aliphatic heterocycles. The number of hydrogen-bond donors (Lipinski definition) is 1. The van der Waals surface area contributed by atoms with Crippen molar-refractivity contribution in [1.82, 2.24) is 15.1 Å². The molecule has 0 bridgehead atoms. The molecule has 1 atom stereocenters. The topological polar surface area (TPSA) is 18.5 Å². The lowest BCUT2D eigenvalue weighted by atomic mass is 9.72. The minimum atomic E-state index is 0. The Morgan fingerprint density at radius 3 is 2.30 bits per heavy atom. The zero-order chi connectivity index (χ0) is 14.6. The molecule has 2 fully saturated rings. The summed E-state index contributed by atoms with van der Waals surface area (Å²) < 4.78 is 0. The number of nitrogens with zero attached hydrogens (tertiary/aromatic N) is 2. The number of rotatable bonds is 7. The molecule has 3 nitrogen and oxygen atoms in total. The van der Waals surface area contributed by atoms with Crippen LogP contribution in [0.4, 0.5) is 0 Å². The fraction of sp³-hybridized carbons (Fsp3) is 1.00. The molecular formula is C17H37N3. The van der Waals surface area contributed by atoms with E-state index in [1.165, 1.54) is 58.5 Å². The predicted octanol–water partition coefficient (Wildman–Crippen LogP) is 2.67. The van der Waals surface area contributed by atoms with Gasteiger partial charge in [0.15, 0.2) is 0 Å². The second kappa shape index (κ2) is 7.24. The molecule has 20 heavy (non-hydrogen) atoms. The Hall–Kier alpha value is -0.120. The molecule has 0 aromatic heterocycles. The second-order valence-electron chi connectivity index (χ2n) is 7.67. The third kappa shape index (κ3) is 4.44. The molecule has 2 saturated heterocycles. The van der Waals surface area contributed by atoms with Crippen LogP contribution < -0.4 is 5.32 Å². The minimum Gasteiger partial charge on any atom is -0.313 e. The van der Waals surface area contributed by atoms with E-state index in [9.17, 15) is 0 Å². The van der Waals surface area contributed by atoms with E-state index in [1.807, 2.05) is 0 Å². The summed E-state index contributed by atoms with van der Waals surface area (Å²) in [6, 6.07) is 0.671. The van der Waals surface area contributed by atoms with Crippen molar-refractivity contribution in [3.8, 4) is 0 Å². The molecule has 0 saturated carbocycles. The molecule has 3 heteroatoms. The van der Waals surface area contributed by atoms with Gasteiger partial charge in [-0.1, -0.05) is 20.8 Å². The van der Waals surface area contributed by atoms with Gasteiger partial charge in [0.05, 0.1) is 0 Å². The van der Waals surface area contributed by atoms with Crippen LogP contribution in [0.25, 0.3) is 0 Å². The van der Waals surface area contributed by atoms with Crippen LogP contribution in [0.3, 0.4) is 0 Å². The largest absolute Gasteiger partial charge is 0.313 e. The monoisotopic (exact) mass is 283 g/mol. The highest BCUT2D eigenvalue weighted by Crippen LogP contribution is 2.40. The standard InChI is InChI=1S/C17H35N3.H2/c1-5-16(4)18-8-11-20-13-17(14-20)6-9-19(10-7-17)12-15(2)3;/h15-16,18H,5-14H2,1-4H3;1H. The van der Waals surface area contributed by atoms with E-state index >= 15 is 0 Å². The van der Waals surface area contributed by atoms with Gasteiger partial charge in [-0.05, 0) is 50.6 Å². The summed E-state index contributed by atoms with van der Waals surface area (Å²) in [6.45, 7) is 18.2. The van der Waals surface area contributed by atoms with Crippen LogP contribution in [0.15, 0.2) is 0 Å². The predicted molar refractivity (Wildman–Crippen MR) is 89.3 cm³/mol. The van der Waals surface area contributed by atoms with E-state index in [2.05, 4.69) is 42.8 Å². The Kier molecular flexibility index (Phi) is 5.88. The Morgan fingerprint density at radius 1 is 1.10 bits per heavy atom. The maximum Gasteiger partial charge on any atom is 0.0107 e. The molecule has 2 aliphatic rings. The molecule has 0 aromatic rings. The Bertz CT molecular complexity index is 280. The van der Waals surface area contributed by atoms with Crippen LogP contribution in [-0.2, 0) is 0 Å². The molecule has 0 aromatic carbocycles. The van der Waals surface area contributed by atoms with Crippen molar-refractivity contribution in [2.24, 2.45) is 11.3 Å². The minimum absolute atomic E-state index is 0. The van der Waals surface area contributed by atoms with E-state index in [1.54, 1.807) is 0 Å². The average molecular weight is 284 g/mol. The molecule has 120 valence electrons. The SMILES string of the molecule is CCC(C)NCCN1CC2(CCN(CC(C)C)CC2)C1.[HH]. The first-order chi connectivity index (χ1) is 9.53. The molecule has 2 heterocycles. The van der Waals surface area contributed by atoms with Gasteiger partial charge in [0.2, 0.25) is 0 Å². The molecule has 1 unspecified atom stereocenters.